The number of rotatable bonds is 3. The number of nitrogens with zero attached hydrogens (tertiary/aromatic N) is 4. The summed E-state index contributed by atoms with van der Waals surface area (Å²) in [6.07, 6.45) is 1.24. The summed E-state index contributed by atoms with van der Waals surface area (Å²) in [7, 11) is 0. The van der Waals surface area contributed by atoms with E-state index in [0.29, 0.717) is 44.7 Å². The van der Waals surface area contributed by atoms with Gasteiger partial charge in [-0.1, -0.05) is 0 Å². The summed E-state index contributed by atoms with van der Waals surface area (Å²) in [5.74, 6) is -3.01. The van der Waals surface area contributed by atoms with Gasteiger partial charge in [-0.15, -0.1) is 5.10 Å². The number of carbonyl (C=O) groups is 1. The van der Waals surface area contributed by atoms with Gasteiger partial charge < -0.3 is 24.0 Å². The first-order chi connectivity index (χ1) is 16.0. The minimum atomic E-state index is -1.13. The summed E-state index contributed by atoms with van der Waals surface area (Å²) >= 11 is 0.972. The second kappa shape index (κ2) is 8.92. The van der Waals surface area contributed by atoms with Gasteiger partial charge in [0.1, 0.15) is 5.56 Å². The average Bonchev–Trinajstić information content (AvgIpc) is 2.85. The molecule has 176 valence electrons. The van der Waals surface area contributed by atoms with E-state index in [1.165, 1.54) is 10.9 Å². The van der Waals surface area contributed by atoms with Crippen molar-refractivity contribution in [3.8, 4) is 0 Å². The highest BCUT2D eigenvalue weighted by Crippen LogP contribution is 2.41. The summed E-state index contributed by atoms with van der Waals surface area (Å²) in [6.45, 7) is 4.89. The van der Waals surface area contributed by atoms with Crippen molar-refractivity contribution in [2.45, 2.75) is 11.8 Å². The van der Waals surface area contributed by atoms with E-state index >= 15 is 8.78 Å². The van der Waals surface area contributed by atoms with Gasteiger partial charge in [0.25, 0.3) is 0 Å². The molecule has 1 aromatic carbocycles. The van der Waals surface area contributed by atoms with Crippen molar-refractivity contribution in [2.24, 2.45) is 5.10 Å². The number of hydrogen-bond donors (Lipinski definition) is 0. The molecule has 5 rings (SSSR count). The Bertz CT molecular complexity index is 1210. The molecule has 0 radical (unpaired) electrons. The van der Waals surface area contributed by atoms with Crippen molar-refractivity contribution in [3.05, 3.63) is 33.6 Å². The molecule has 33 heavy (non-hydrogen) atoms. The Balaban J connectivity index is 1.79. The normalized spacial score (nSPS) is 18.5. The molecule has 0 atom stereocenters. The van der Waals surface area contributed by atoms with Crippen LogP contribution < -0.4 is 10.3 Å². The molecule has 2 aromatic rings. The van der Waals surface area contributed by atoms with E-state index in [0.717, 1.165) is 11.8 Å². The van der Waals surface area contributed by atoms with E-state index in [9.17, 15) is 9.59 Å². The summed E-state index contributed by atoms with van der Waals surface area (Å²) < 4.78 is 48.0. The SMILES string of the molecule is CCOC(=O)c1cn2c3c(c(F)c(F)c(N4CCOCC4)c3c1=O)SC(N1CCOCC1)=N2. The van der Waals surface area contributed by atoms with Gasteiger partial charge in [-0.25, -0.2) is 18.3 Å². The zero-order valence-electron chi connectivity index (χ0n) is 17.9. The van der Waals surface area contributed by atoms with Crippen molar-refractivity contribution < 1.29 is 27.8 Å². The standard InChI is InChI=1S/C21H22F2N4O5S/c1-2-32-20(29)12-11-27-17-13(18(12)28)16(25-3-7-30-8-4-25)14(22)15(23)19(17)33-21(24-27)26-5-9-31-10-6-26/h11H,2-10H2,1H3. The molecular weight excluding hydrogens is 458 g/mol. The summed E-state index contributed by atoms with van der Waals surface area (Å²) in [6, 6.07) is 0. The summed E-state index contributed by atoms with van der Waals surface area (Å²) in [5.41, 5.74) is -1.04. The Morgan fingerprint density at radius 1 is 1.09 bits per heavy atom. The smallest absolute Gasteiger partial charge is 0.343 e. The van der Waals surface area contributed by atoms with Gasteiger partial charge in [-0.3, -0.25) is 4.79 Å². The van der Waals surface area contributed by atoms with Crippen molar-refractivity contribution in [1.29, 1.82) is 0 Å². The molecule has 2 fully saturated rings. The molecule has 4 heterocycles. The fourth-order valence-corrected chi connectivity index (χ4v) is 5.25. The topological polar surface area (TPSA) is 85.6 Å². The molecule has 0 aliphatic carbocycles. The Morgan fingerprint density at radius 2 is 1.73 bits per heavy atom. The molecule has 1 aromatic heterocycles. The number of benzene rings is 1. The molecule has 0 spiro atoms. The zero-order chi connectivity index (χ0) is 23.1. The van der Waals surface area contributed by atoms with Gasteiger partial charge in [0.05, 0.1) is 54.5 Å². The zero-order valence-corrected chi connectivity index (χ0v) is 18.8. The van der Waals surface area contributed by atoms with Crippen LogP contribution in [0.1, 0.15) is 17.3 Å². The minimum Gasteiger partial charge on any atom is -0.462 e. The highest BCUT2D eigenvalue weighted by molar-refractivity contribution is 8.14. The van der Waals surface area contributed by atoms with Crippen molar-refractivity contribution in [1.82, 2.24) is 9.58 Å². The molecule has 0 N–H and O–H groups in total. The van der Waals surface area contributed by atoms with E-state index in [4.69, 9.17) is 14.2 Å². The third-order valence-corrected chi connectivity index (χ3v) is 6.83. The average molecular weight is 480 g/mol. The first kappa shape index (κ1) is 22.1. The number of ether oxygens (including phenoxy) is 3. The molecule has 9 nitrogen and oxygen atoms in total. The molecule has 0 amide bonds. The second-order valence-corrected chi connectivity index (χ2v) is 8.63. The van der Waals surface area contributed by atoms with Gasteiger partial charge in [0.15, 0.2) is 16.8 Å². The number of carbonyl (C=O) groups excluding carboxylic acids is 1. The third-order valence-electron chi connectivity index (χ3n) is 5.73. The maximum atomic E-state index is 15.5. The maximum absolute atomic E-state index is 15.5. The number of hydrogen-bond acceptors (Lipinski definition) is 9. The van der Waals surface area contributed by atoms with Gasteiger partial charge in [-0.05, 0) is 18.7 Å². The fraction of sp³-hybridized carbons (Fsp3) is 0.476. The predicted molar refractivity (Wildman–Crippen MR) is 118 cm³/mol. The number of halogens is 2. The van der Waals surface area contributed by atoms with Crippen molar-refractivity contribution >= 4 is 39.5 Å². The number of pyridine rings is 1. The van der Waals surface area contributed by atoms with E-state index in [1.807, 2.05) is 4.90 Å². The van der Waals surface area contributed by atoms with Crippen LogP contribution in [-0.2, 0) is 14.2 Å². The number of anilines is 1. The molecule has 12 heteroatoms. The lowest BCUT2D eigenvalue weighted by Gasteiger charge is -2.33. The monoisotopic (exact) mass is 480 g/mol. The Kier molecular flexibility index (Phi) is 5.97. The number of amidine groups is 1. The van der Waals surface area contributed by atoms with E-state index in [-0.39, 0.29) is 46.7 Å². The second-order valence-electron chi connectivity index (χ2n) is 7.65. The van der Waals surface area contributed by atoms with Crippen LogP contribution >= 0.6 is 11.8 Å². The van der Waals surface area contributed by atoms with E-state index < -0.39 is 23.0 Å². The molecule has 0 saturated carbocycles. The lowest BCUT2D eigenvalue weighted by atomic mass is 10.1. The molecule has 0 unspecified atom stereocenters. The first-order valence-corrected chi connectivity index (χ1v) is 11.5. The predicted octanol–water partition coefficient (Wildman–Crippen LogP) is 1.85. The lowest BCUT2D eigenvalue weighted by molar-refractivity contribution is 0.0524. The van der Waals surface area contributed by atoms with E-state index in [2.05, 4.69) is 5.10 Å². The van der Waals surface area contributed by atoms with Gasteiger partial charge >= 0.3 is 5.97 Å². The van der Waals surface area contributed by atoms with E-state index in [1.54, 1.807) is 11.8 Å². The number of aromatic nitrogens is 1. The summed E-state index contributed by atoms with van der Waals surface area (Å²) in [5, 5.41) is 4.92. The molecule has 0 bridgehead atoms. The third kappa shape index (κ3) is 3.75. The molecule has 3 aliphatic heterocycles. The Hall–Kier alpha value is -2.70. The Morgan fingerprint density at radius 3 is 2.36 bits per heavy atom. The molecule has 3 aliphatic rings. The van der Waals surface area contributed by atoms with Crippen LogP contribution in [-0.4, -0.2) is 79.9 Å². The largest absolute Gasteiger partial charge is 0.462 e. The van der Waals surface area contributed by atoms with Crippen molar-refractivity contribution in [3.63, 3.8) is 0 Å². The number of esters is 1. The van der Waals surface area contributed by atoms with Gasteiger partial charge in [-0.2, -0.15) is 0 Å². The highest BCUT2D eigenvalue weighted by Gasteiger charge is 2.34. The Labute approximate surface area is 191 Å². The molecule has 2 saturated heterocycles. The van der Waals surface area contributed by atoms with Crippen LogP contribution in [0.25, 0.3) is 10.9 Å². The van der Waals surface area contributed by atoms with Crippen LogP contribution in [0.5, 0.6) is 0 Å². The van der Waals surface area contributed by atoms with Crippen LogP contribution in [0, 0.1) is 11.6 Å². The van der Waals surface area contributed by atoms with Gasteiger partial charge in [0.2, 0.25) is 5.43 Å². The maximum Gasteiger partial charge on any atom is 0.343 e. The van der Waals surface area contributed by atoms with Crippen molar-refractivity contribution in [2.75, 3.05) is 64.1 Å². The van der Waals surface area contributed by atoms with Crippen LogP contribution in [0.3, 0.4) is 0 Å². The fourth-order valence-electron chi connectivity index (χ4n) is 4.15. The number of morpholine rings is 2. The van der Waals surface area contributed by atoms with Gasteiger partial charge in [0, 0.05) is 32.4 Å². The van der Waals surface area contributed by atoms with Crippen LogP contribution in [0.2, 0.25) is 0 Å². The first-order valence-electron chi connectivity index (χ1n) is 10.7. The highest BCUT2D eigenvalue weighted by atomic mass is 32.2. The number of thioether (sulfide) groups is 1. The lowest BCUT2D eigenvalue weighted by Crippen LogP contribution is -2.41. The quantitative estimate of drug-likeness (QED) is 0.616. The molecular formula is C21H22F2N4O5S. The van der Waals surface area contributed by atoms with Crippen LogP contribution in [0.4, 0.5) is 14.5 Å². The minimum absolute atomic E-state index is 0.0384. The summed E-state index contributed by atoms with van der Waals surface area (Å²) in [4.78, 5) is 29.5. The van der Waals surface area contributed by atoms with Crippen LogP contribution in [0.15, 0.2) is 21.0 Å².